The Balaban J connectivity index is 2.08. The fraction of sp³-hybridized carbons (Fsp3) is 0.190. The molecule has 0 atom stereocenters. The summed E-state index contributed by atoms with van der Waals surface area (Å²) in [7, 11) is 0. The second kappa shape index (κ2) is 7.90. The smallest absolute Gasteiger partial charge is 0.320 e. The molecule has 0 aliphatic heterocycles. The van der Waals surface area contributed by atoms with Crippen molar-refractivity contribution in [3.63, 3.8) is 0 Å². The lowest BCUT2D eigenvalue weighted by Crippen LogP contribution is -2.28. The number of nitrogens with zero attached hydrogens (tertiary/aromatic N) is 2. The Morgan fingerprint density at radius 2 is 1.76 bits per heavy atom. The lowest BCUT2D eigenvalue weighted by molar-refractivity contribution is -0.137. The van der Waals surface area contributed by atoms with E-state index in [0.717, 1.165) is 22.4 Å². The normalized spacial score (nSPS) is 11.3. The van der Waals surface area contributed by atoms with Crippen LogP contribution in [0.1, 0.15) is 34.2 Å². The number of hydrogen-bond donors (Lipinski definition) is 1. The van der Waals surface area contributed by atoms with E-state index in [4.69, 9.17) is 0 Å². The number of alkyl halides is 3. The van der Waals surface area contributed by atoms with Crippen LogP contribution in [-0.4, -0.2) is 15.7 Å². The van der Waals surface area contributed by atoms with E-state index in [-0.39, 0.29) is 11.4 Å². The van der Waals surface area contributed by atoms with E-state index in [0.29, 0.717) is 12.1 Å². The predicted molar refractivity (Wildman–Crippen MR) is 103 cm³/mol. The molecule has 5 nitrogen and oxygen atoms in total. The van der Waals surface area contributed by atoms with Gasteiger partial charge < -0.3 is 5.32 Å². The van der Waals surface area contributed by atoms with Gasteiger partial charge in [-0.1, -0.05) is 37.3 Å². The zero-order chi connectivity index (χ0) is 21.2. The first kappa shape index (κ1) is 20.3. The molecule has 1 heterocycles. The highest BCUT2D eigenvalue weighted by Gasteiger charge is 2.34. The number of amides is 1. The Morgan fingerprint density at radius 1 is 1.10 bits per heavy atom. The van der Waals surface area contributed by atoms with Crippen LogP contribution in [0.25, 0.3) is 5.69 Å². The van der Waals surface area contributed by atoms with Crippen LogP contribution in [0.2, 0.25) is 0 Å². The fourth-order valence-electron chi connectivity index (χ4n) is 2.98. The molecule has 0 fully saturated rings. The van der Waals surface area contributed by atoms with Crippen LogP contribution in [0.5, 0.6) is 0 Å². The largest absolute Gasteiger partial charge is 0.418 e. The topological polar surface area (TPSA) is 64.0 Å². The zero-order valence-corrected chi connectivity index (χ0v) is 15.7. The van der Waals surface area contributed by atoms with Crippen LogP contribution in [0.4, 0.5) is 18.9 Å². The first-order valence-electron chi connectivity index (χ1n) is 8.89. The molecule has 29 heavy (non-hydrogen) atoms. The molecule has 1 amide bonds. The molecule has 0 aliphatic carbocycles. The van der Waals surface area contributed by atoms with E-state index < -0.39 is 28.8 Å². The third kappa shape index (κ3) is 4.21. The van der Waals surface area contributed by atoms with Crippen LogP contribution in [0, 0.1) is 6.92 Å². The molecule has 1 N–H and O–H groups in total. The van der Waals surface area contributed by atoms with Crippen molar-refractivity contribution >= 4 is 11.6 Å². The lowest BCUT2D eigenvalue weighted by atomic mass is 10.1. The number of hydrogen-bond acceptors (Lipinski definition) is 3. The highest BCUT2D eigenvalue weighted by Crippen LogP contribution is 2.33. The molecule has 150 valence electrons. The molecular formula is C21H18F3N3O2. The van der Waals surface area contributed by atoms with Gasteiger partial charge in [-0.25, -0.2) is 4.68 Å². The maximum atomic E-state index is 13.4. The third-order valence-electron chi connectivity index (χ3n) is 4.41. The Labute approximate surface area is 164 Å². The summed E-state index contributed by atoms with van der Waals surface area (Å²) in [4.78, 5) is 25.0. The van der Waals surface area contributed by atoms with Crippen molar-refractivity contribution < 1.29 is 18.0 Å². The standard InChI is InChI=1S/C21H18F3N3O2/c1-3-14-8-4-6-10-16(14)25-20(29)19-18(28)12-13(2)27(26-19)17-11-7-5-9-15(17)21(22,23)24/h4-12H,3H2,1-2H3,(H,25,29). The van der Waals surface area contributed by atoms with E-state index in [1.807, 2.05) is 19.1 Å². The maximum Gasteiger partial charge on any atom is 0.418 e. The summed E-state index contributed by atoms with van der Waals surface area (Å²) < 4.78 is 41.1. The van der Waals surface area contributed by atoms with Crippen LogP contribution in [0.15, 0.2) is 59.4 Å². The Bertz CT molecular complexity index is 1120. The number of para-hydroxylation sites is 2. The molecule has 0 spiro atoms. The van der Waals surface area contributed by atoms with Crippen LogP contribution >= 0.6 is 0 Å². The van der Waals surface area contributed by atoms with Gasteiger partial charge in [0.25, 0.3) is 5.91 Å². The first-order chi connectivity index (χ1) is 13.7. The summed E-state index contributed by atoms with van der Waals surface area (Å²) in [5, 5.41) is 6.58. The lowest BCUT2D eigenvalue weighted by Gasteiger charge is -2.17. The molecule has 0 bridgehead atoms. The molecule has 8 heteroatoms. The van der Waals surface area contributed by atoms with E-state index in [1.165, 1.54) is 25.1 Å². The maximum absolute atomic E-state index is 13.4. The van der Waals surface area contributed by atoms with E-state index >= 15 is 0 Å². The predicted octanol–water partition coefficient (Wildman–Crippen LogP) is 4.37. The van der Waals surface area contributed by atoms with Crippen molar-refractivity contribution in [1.29, 1.82) is 0 Å². The molecule has 0 unspecified atom stereocenters. The number of nitrogens with one attached hydrogen (secondary N) is 1. The van der Waals surface area contributed by atoms with Gasteiger partial charge >= 0.3 is 6.18 Å². The highest BCUT2D eigenvalue weighted by atomic mass is 19.4. The van der Waals surface area contributed by atoms with E-state index in [2.05, 4.69) is 10.4 Å². The van der Waals surface area contributed by atoms with Gasteiger partial charge in [0.15, 0.2) is 5.69 Å². The number of benzene rings is 2. The van der Waals surface area contributed by atoms with Gasteiger partial charge in [0, 0.05) is 17.4 Å². The average Bonchev–Trinajstić information content (AvgIpc) is 2.67. The molecule has 0 saturated heterocycles. The molecule has 0 saturated carbocycles. The minimum absolute atomic E-state index is 0.178. The summed E-state index contributed by atoms with van der Waals surface area (Å²) in [6, 6.07) is 13.0. The molecule has 2 aromatic carbocycles. The van der Waals surface area contributed by atoms with Crippen LogP contribution in [0.3, 0.4) is 0 Å². The molecule has 3 aromatic rings. The first-order valence-corrected chi connectivity index (χ1v) is 8.89. The van der Waals surface area contributed by atoms with Crippen molar-refractivity contribution in [2.75, 3.05) is 5.32 Å². The molecule has 0 aliphatic rings. The monoisotopic (exact) mass is 401 g/mol. The molecular weight excluding hydrogens is 383 g/mol. The quantitative estimate of drug-likeness (QED) is 0.706. The second-order valence-corrected chi connectivity index (χ2v) is 6.39. The van der Waals surface area contributed by atoms with Gasteiger partial charge in [0.1, 0.15) is 0 Å². The number of halogens is 3. The third-order valence-corrected chi connectivity index (χ3v) is 4.41. The summed E-state index contributed by atoms with van der Waals surface area (Å²) in [5.41, 5.74) is -0.785. The van der Waals surface area contributed by atoms with Crippen molar-refractivity contribution in [1.82, 2.24) is 9.78 Å². The summed E-state index contributed by atoms with van der Waals surface area (Å²) in [6.45, 7) is 3.37. The minimum Gasteiger partial charge on any atom is -0.320 e. The molecule has 0 radical (unpaired) electrons. The number of carbonyl (C=O) groups is 1. The van der Waals surface area contributed by atoms with Crippen molar-refractivity contribution in [2.24, 2.45) is 0 Å². The van der Waals surface area contributed by atoms with Gasteiger partial charge in [-0.05, 0) is 37.1 Å². The number of aromatic nitrogens is 2. The summed E-state index contributed by atoms with van der Waals surface area (Å²) in [6.07, 6.45) is -3.96. The number of carbonyl (C=O) groups excluding carboxylic acids is 1. The van der Waals surface area contributed by atoms with Gasteiger partial charge in [0.2, 0.25) is 5.43 Å². The van der Waals surface area contributed by atoms with Crippen molar-refractivity contribution in [3.8, 4) is 5.69 Å². The number of anilines is 1. The Kier molecular flexibility index (Phi) is 5.54. The van der Waals surface area contributed by atoms with Gasteiger partial charge in [-0.15, -0.1) is 0 Å². The SMILES string of the molecule is CCc1ccccc1NC(=O)c1nn(-c2ccccc2C(F)(F)F)c(C)cc1=O. The average molecular weight is 401 g/mol. The fourth-order valence-corrected chi connectivity index (χ4v) is 2.98. The molecule has 1 aromatic heterocycles. The van der Waals surface area contributed by atoms with E-state index in [9.17, 15) is 22.8 Å². The summed E-state index contributed by atoms with van der Waals surface area (Å²) in [5.74, 6) is -0.783. The van der Waals surface area contributed by atoms with Crippen molar-refractivity contribution in [2.45, 2.75) is 26.4 Å². The summed E-state index contributed by atoms with van der Waals surface area (Å²) >= 11 is 0. The highest BCUT2D eigenvalue weighted by molar-refractivity contribution is 6.03. The Morgan fingerprint density at radius 3 is 2.45 bits per heavy atom. The Hall–Kier alpha value is -3.42. The zero-order valence-electron chi connectivity index (χ0n) is 15.7. The van der Waals surface area contributed by atoms with Crippen LogP contribution < -0.4 is 10.7 Å². The van der Waals surface area contributed by atoms with Crippen molar-refractivity contribution in [3.05, 3.63) is 87.3 Å². The minimum atomic E-state index is -4.61. The second-order valence-electron chi connectivity index (χ2n) is 6.39. The van der Waals surface area contributed by atoms with Gasteiger partial charge in [-0.2, -0.15) is 18.3 Å². The van der Waals surface area contributed by atoms with E-state index in [1.54, 1.807) is 12.1 Å². The molecule has 3 rings (SSSR count). The van der Waals surface area contributed by atoms with Gasteiger partial charge in [0.05, 0.1) is 11.3 Å². The number of aryl methyl sites for hydroxylation is 2. The number of rotatable bonds is 4. The van der Waals surface area contributed by atoms with Gasteiger partial charge in [-0.3, -0.25) is 9.59 Å². The van der Waals surface area contributed by atoms with Crippen LogP contribution in [-0.2, 0) is 12.6 Å².